The van der Waals surface area contributed by atoms with Crippen molar-refractivity contribution in [3.05, 3.63) is 0 Å². The number of carboxylic acids is 1. The summed E-state index contributed by atoms with van der Waals surface area (Å²) in [6.07, 6.45) is 3.33. The summed E-state index contributed by atoms with van der Waals surface area (Å²) in [6, 6.07) is 0.0649. The lowest BCUT2D eigenvalue weighted by atomic mass is 9.93. The van der Waals surface area contributed by atoms with Gasteiger partial charge >= 0.3 is 12.0 Å². The van der Waals surface area contributed by atoms with Gasteiger partial charge in [0.05, 0.1) is 12.5 Å². The third-order valence-corrected chi connectivity index (χ3v) is 4.42. The molecule has 0 spiro atoms. The van der Waals surface area contributed by atoms with Crippen molar-refractivity contribution < 1.29 is 14.7 Å². The smallest absolute Gasteiger partial charge is 0.317 e. The molecule has 2 aliphatic rings. The number of carbonyl (C=O) groups is 2. The second-order valence-electron chi connectivity index (χ2n) is 4.60. The molecule has 17 heavy (non-hydrogen) atoms. The fourth-order valence-corrected chi connectivity index (χ4v) is 3.17. The van der Waals surface area contributed by atoms with E-state index in [9.17, 15) is 9.59 Å². The van der Waals surface area contributed by atoms with Gasteiger partial charge in [-0.25, -0.2) is 4.79 Å². The average Bonchev–Trinajstić information content (AvgIpc) is 2.23. The summed E-state index contributed by atoms with van der Waals surface area (Å²) in [5.74, 6) is 0.789. The van der Waals surface area contributed by atoms with Crippen molar-refractivity contribution in [2.24, 2.45) is 0 Å². The predicted molar refractivity (Wildman–Crippen MR) is 66.2 cm³/mol. The van der Waals surface area contributed by atoms with Gasteiger partial charge in [-0.3, -0.25) is 4.79 Å². The molecule has 2 fully saturated rings. The number of hydrogen-bond acceptors (Lipinski definition) is 3. The van der Waals surface area contributed by atoms with Crippen LogP contribution in [0.1, 0.15) is 25.7 Å². The highest BCUT2D eigenvalue weighted by atomic mass is 32.2. The first kappa shape index (κ1) is 12.5. The molecule has 2 rings (SSSR count). The van der Waals surface area contributed by atoms with E-state index in [1.807, 2.05) is 0 Å². The maximum absolute atomic E-state index is 12.0. The van der Waals surface area contributed by atoms with E-state index in [1.54, 1.807) is 16.7 Å². The molecule has 1 atom stereocenters. The summed E-state index contributed by atoms with van der Waals surface area (Å²) in [5, 5.41) is 11.8. The lowest BCUT2D eigenvalue weighted by molar-refractivity contribution is -0.138. The highest BCUT2D eigenvalue weighted by Crippen LogP contribution is 2.22. The molecule has 0 radical (unpaired) electrons. The van der Waals surface area contributed by atoms with Gasteiger partial charge in [-0.2, -0.15) is 11.8 Å². The first-order valence-corrected chi connectivity index (χ1v) is 7.19. The van der Waals surface area contributed by atoms with Crippen LogP contribution in [0.15, 0.2) is 0 Å². The number of amides is 2. The normalized spacial score (nSPS) is 25.2. The van der Waals surface area contributed by atoms with Gasteiger partial charge < -0.3 is 15.3 Å². The number of carboxylic acid groups (broad SMARTS) is 1. The van der Waals surface area contributed by atoms with Crippen LogP contribution in [0.4, 0.5) is 4.79 Å². The molecule has 1 saturated carbocycles. The highest BCUT2D eigenvalue weighted by molar-refractivity contribution is 7.99. The fourth-order valence-electron chi connectivity index (χ4n) is 2.10. The Labute approximate surface area is 105 Å². The van der Waals surface area contributed by atoms with Crippen LogP contribution in [0.25, 0.3) is 0 Å². The summed E-state index contributed by atoms with van der Waals surface area (Å²) in [4.78, 5) is 24.5. The number of nitrogens with one attached hydrogen (secondary N) is 1. The minimum atomic E-state index is -0.834. The summed E-state index contributed by atoms with van der Waals surface area (Å²) in [6.45, 7) is 0.654. The number of urea groups is 1. The Kier molecular flexibility index (Phi) is 4.15. The maximum Gasteiger partial charge on any atom is 0.317 e. The van der Waals surface area contributed by atoms with Crippen LogP contribution < -0.4 is 5.32 Å². The zero-order valence-electron chi connectivity index (χ0n) is 9.72. The lowest BCUT2D eigenvalue weighted by Crippen LogP contribution is -2.54. The molecule has 6 heteroatoms. The highest BCUT2D eigenvalue weighted by Gasteiger charge is 2.30. The minimum Gasteiger partial charge on any atom is -0.481 e. The zero-order valence-corrected chi connectivity index (χ0v) is 10.5. The molecule has 0 aromatic heterocycles. The van der Waals surface area contributed by atoms with Crippen LogP contribution in [0.2, 0.25) is 0 Å². The van der Waals surface area contributed by atoms with Gasteiger partial charge in [0.25, 0.3) is 0 Å². The van der Waals surface area contributed by atoms with Crippen LogP contribution in [0.3, 0.4) is 0 Å². The van der Waals surface area contributed by atoms with E-state index in [2.05, 4.69) is 5.32 Å². The second kappa shape index (κ2) is 5.62. The van der Waals surface area contributed by atoms with Crippen LogP contribution in [0, 0.1) is 0 Å². The minimum absolute atomic E-state index is 0.0467. The first-order valence-electron chi connectivity index (χ1n) is 6.03. The molecule has 1 heterocycles. The monoisotopic (exact) mass is 258 g/mol. The molecular formula is C11H18N2O3S. The van der Waals surface area contributed by atoms with E-state index in [-0.39, 0.29) is 18.5 Å². The molecular weight excluding hydrogens is 240 g/mol. The van der Waals surface area contributed by atoms with Crippen LogP contribution in [0.5, 0.6) is 0 Å². The van der Waals surface area contributed by atoms with Crippen molar-refractivity contribution in [2.75, 3.05) is 18.1 Å². The average molecular weight is 258 g/mol. The summed E-state index contributed by atoms with van der Waals surface area (Å²) in [5.41, 5.74) is 0. The van der Waals surface area contributed by atoms with Crippen molar-refractivity contribution in [2.45, 2.75) is 37.8 Å². The van der Waals surface area contributed by atoms with Gasteiger partial charge in [-0.05, 0) is 19.3 Å². The van der Waals surface area contributed by atoms with E-state index in [0.29, 0.717) is 12.6 Å². The van der Waals surface area contributed by atoms with E-state index >= 15 is 0 Å². The number of thioether (sulfide) groups is 1. The Morgan fingerprint density at radius 2 is 2.18 bits per heavy atom. The number of carbonyl (C=O) groups excluding carboxylic acids is 1. The van der Waals surface area contributed by atoms with Gasteiger partial charge in [0.2, 0.25) is 0 Å². The lowest BCUT2D eigenvalue weighted by Gasteiger charge is -2.37. The molecule has 1 unspecified atom stereocenters. The SMILES string of the molecule is O=C(O)CC1CSCCN1C(=O)NC1CCC1. The van der Waals surface area contributed by atoms with Crippen molar-refractivity contribution in [1.29, 1.82) is 0 Å². The predicted octanol–water partition coefficient (Wildman–Crippen LogP) is 1.14. The number of rotatable bonds is 3. The Balaban J connectivity index is 1.89. The second-order valence-corrected chi connectivity index (χ2v) is 5.75. The third-order valence-electron chi connectivity index (χ3n) is 3.33. The van der Waals surface area contributed by atoms with Gasteiger partial charge in [-0.1, -0.05) is 0 Å². The van der Waals surface area contributed by atoms with Crippen molar-refractivity contribution in [3.63, 3.8) is 0 Å². The quantitative estimate of drug-likeness (QED) is 0.796. The summed E-state index contributed by atoms with van der Waals surface area (Å²) >= 11 is 1.72. The maximum atomic E-state index is 12.0. The Morgan fingerprint density at radius 3 is 2.76 bits per heavy atom. The Bertz CT molecular complexity index is 307. The van der Waals surface area contributed by atoms with Crippen LogP contribution in [-0.4, -0.2) is 52.1 Å². The molecule has 2 N–H and O–H groups in total. The molecule has 1 aliphatic heterocycles. The topological polar surface area (TPSA) is 69.6 Å². The molecule has 0 aromatic rings. The molecule has 5 nitrogen and oxygen atoms in total. The molecule has 0 aromatic carbocycles. The third kappa shape index (κ3) is 3.28. The standard InChI is InChI=1S/C11H18N2O3S/c14-10(15)6-9-7-17-5-4-13(9)11(16)12-8-2-1-3-8/h8-9H,1-7H2,(H,12,16)(H,14,15). The van der Waals surface area contributed by atoms with Crippen molar-refractivity contribution in [3.8, 4) is 0 Å². The van der Waals surface area contributed by atoms with E-state index in [4.69, 9.17) is 5.11 Å². The molecule has 1 aliphatic carbocycles. The first-order chi connectivity index (χ1) is 8.16. The van der Waals surface area contributed by atoms with Crippen LogP contribution in [-0.2, 0) is 4.79 Å². The van der Waals surface area contributed by atoms with Crippen LogP contribution >= 0.6 is 11.8 Å². The van der Waals surface area contributed by atoms with Gasteiger partial charge in [0.15, 0.2) is 0 Å². The molecule has 96 valence electrons. The van der Waals surface area contributed by atoms with E-state index in [1.165, 1.54) is 6.42 Å². The Hall–Kier alpha value is -0.910. The van der Waals surface area contributed by atoms with Gasteiger partial charge in [0, 0.05) is 24.1 Å². The fraction of sp³-hybridized carbons (Fsp3) is 0.818. The van der Waals surface area contributed by atoms with Crippen molar-refractivity contribution >= 4 is 23.8 Å². The zero-order chi connectivity index (χ0) is 12.3. The summed E-state index contributed by atoms with van der Waals surface area (Å²) < 4.78 is 0. The van der Waals surface area contributed by atoms with E-state index < -0.39 is 5.97 Å². The molecule has 2 amide bonds. The van der Waals surface area contributed by atoms with Gasteiger partial charge in [0.1, 0.15) is 0 Å². The number of hydrogen-bond donors (Lipinski definition) is 2. The summed E-state index contributed by atoms with van der Waals surface area (Å²) in [7, 11) is 0. The van der Waals surface area contributed by atoms with Crippen molar-refractivity contribution in [1.82, 2.24) is 10.2 Å². The number of aliphatic carboxylic acids is 1. The van der Waals surface area contributed by atoms with Gasteiger partial charge in [-0.15, -0.1) is 0 Å². The Morgan fingerprint density at radius 1 is 1.41 bits per heavy atom. The van der Waals surface area contributed by atoms with E-state index in [0.717, 1.165) is 24.3 Å². The molecule has 0 bridgehead atoms. The molecule has 1 saturated heterocycles. The number of nitrogens with zero attached hydrogens (tertiary/aromatic N) is 1. The largest absolute Gasteiger partial charge is 0.481 e.